The summed E-state index contributed by atoms with van der Waals surface area (Å²) < 4.78 is 5.89. The van der Waals surface area contributed by atoms with Crippen LogP contribution in [-0.4, -0.2) is 20.1 Å². The Morgan fingerprint density at radius 2 is 1.89 bits per heavy atom. The highest BCUT2D eigenvalue weighted by molar-refractivity contribution is 8.26. The highest BCUT2D eigenvalue weighted by Gasteiger charge is 2.23. The molecule has 3 rings (SSSR count). The van der Waals surface area contributed by atoms with E-state index in [1.54, 1.807) is 30.3 Å². The molecular weight excluding hydrogens is 394 g/mol. The first kappa shape index (κ1) is 18.5. The van der Waals surface area contributed by atoms with Crippen molar-refractivity contribution in [2.24, 2.45) is 0 Å². The van der Waals surface area contributed by atoms with E-state index in [1.165, 1.54) is 6.07 Å². The van der Waals surface area contributed by atoms with Crippen molar-refractivity contribution in [3.63, 3.8) is 0 Å². The summed E-state index contributed by atoms with van der Waals surface area (Å²) in [6, 6.07) is 9.64. The summed E-state index contributed by atoms with van der Waals surface area (Å²) in [4.78, 5) is 32.6. The van der Waals surface area contributed by atoms with E-state index in [-0.39, 0.29) is 17.4 Å². The number of carbonyl (C=O) groups is 1. The van der Waals surface area contributed by atoms with Gasteiger partial charge in [-0.2, -0.15) is 0 Å². The molecule has 1 amide bonds. The summed E-state index contributed by atoms with van der Waals surface area (Å²) in [5.41, 5.74) is -0.309. The van der Waals surface area contributed by atoms with Gasteiger partial charge in [0, 0.05) is 6.07 Å². The van der Waals surface area contributed by atoms with Gasteiger partial charge in [-0.3, -0.25) is 25.0 Å². The van der Waals surface area contributed by atoms with Crippen LogP contribution in [0.15, 0.2) is 47.4 Å². The molecule has 11 heteroatoms. The van der Waals surface area contributed by atoms with Gasteiger partial charge >= 0.3 is 5.69 Å². The number of hydrogen-bond donors (Lipinski definition) is 1. The van der Waals surface area contributed by atoms with Gasteiger partial charge < -0.3 is 10.1 Å². The molecule has 1 heterocycles. The molecule has 0 aromatic heterocycles. The lowest BCUT2D eigenvalue weighted by Gasteiger charge is -2.07. The summed E-state index contributed by atoms with van der Waals surface area (Å²) >= 11 is 6.05. The lowest BCUT2D eigenvalue weighted by atomic mass is 10.2. The summed E-state index contributed by atoms with van der Waals surface area (Å²) in [6.07, 6.45) is 1.61. The number of thiocarbonyl (C=S) groups is 1. The molecule has 0 atom stereocenters. The van der Waals surface area contributed by atoms with Crippen molar-refractivity contribution in [2.75, 3.05) is 0 Å². The highest BCUT2D eigenvalue weighted by Crippen LogP contribution is 2.35. The molecule has 0 bridgehead atoms. The number of benzene rings is 2. The number of nitrogens with one attached hydrogen (secondary N) is 1. The highest BCUT2D eigenvalue weighted by atomic mass is 32.2. The zero-order valence-corrected chi connectivity index (χ0v) is 14.9. The Kier molecular flexibility index (Phi) is 5.14. The van der Waals surface area contributed by atoms with Crippen LogP contribution in [0.3, 0.4) is 0 Å². The number of nitrogens with zero attached hydrogens (tertiary/aromatic N) is 2. The minimum atomic E-state index is -0.755. The van der Waals surface area contributed by atoms with Crippen LogP contribution in [-0.2, 0) is 4.79 Å². The van der Waals surface area contributed by atoms with Crippen molar-refractivity contribution in [1.82, 2.24) is 5.32 Å². The van der Waals surface area contributed by atoms with Crippen molar-refractivity contribution in [1.29, 1.82) is 0 Å². The molecule has 0 radical (unpaired) electrons. The standard InChI is InChI=1S/C16H9N3O6S2/c20-15-14(27-16(26)17-15)7-9-2-1-3-11(6-9)25-13-5-4-10(18(21)22)8-12(13)19(23)24/h1-8H,(H,17,20,26)/b14-7-. The average Bonchev–Trinajstić information content (AvgIpc) is 2.92. The van der Waals surface area contributed by atoms with Crippen molar-refractivity contribution in [2.45, 2.75) is 0 Å². The summed E-state index contributed by atoms with van der Waals surface area (Å²) in [6.45, 7) is 0. The molecule has 1 aliphatic heterocycles. The van der Waals surface area contributed by atoms with Crippen LogP contribution in [0.1, 0.15) is 5.56 Å². The van der Waals surface area contributed by atoms with Crippen LogP contribution in [0, 0.1) is 20.2 Å². The van der Waals surface area contributed by atoms with E-state index >= 15 is 0 Å². The topological polar surface area (TPSA) is 125 Å². The van der Waals surface area contributed by atoms with E-state index in [1.807, 2.05) is 0 Å². The van der Waals surface area contributed by atoms with E-state index in [4.69, 9.17) is 17.0 Å². The zero-order valence-electron chi connectivity index (χ0n) is 13.3. The maximum absolute atomic E-state index is 11.7. The van der Waals surface area contributed by atoms with Gasteiger partial charge in [0.1, 0.15) is 10.1 Å². The average molecular weight is 403 g/mol. The fourth-order valence-corrected chi connectivity index (χ4v) is 3.26. The molecule has 1 N–H and O–H groups in total. The second-order valence-electron chi connectivity index (χ2n) is 5.19. The molecule has 2 aromatic carbocycles. The number of amides is 1. The van der Waals surface area contributed by atoms with E-state index in [0.717, 1.165) is 23.9 Å². The van der Waals surface area contributed by atoms with Gasteiger partial charge in [-0.1, -0.05) is 36.1 Å². The fraction of sp³-hybridized carbons (Fsp3) is 0. The monoisotopic (exact) mass is 403 g/mol. The number of ether oxygens (including phenoxy) is 1. The number of rotatable bonds is 5. The Morgan fingerprint density at radius 1 is 1.11 bits per heavy atom. The van der Waals surface area contributed by atoms with Crippen LogP contribution in [0.5, 0.6) is 11.5 Å². The van der Waals surface area contributed by atoms with Crippen LogP contribution >= 0.6 is 24.0 Å². The van der Waals surface area contributed by atoms with Gasteiger partial charge in [-0.15, -0.1) is 0 Å². The SMILES string of the molecule is O=C1NC(=S)S/C1=C\c1cccc(Oc2ccc([N+](=O)[O-])cc2[N+](=O)[O-])c1. The van der Waals surface area contributed by atoms with Crippen molar-refractivity contribution < 1.29 is 19.4 Å². The molecule has 1 saturated heterocycles. The molecule has 0 saturated carbocycles. The molecule has 0 aliphatic carbocycles. The predicted octanol–water partition coefficient (Wildman–Crippen LogP) is 3.78. The van der Waals surface area contributed by atoms with Crippen LogP contribution in [0.4, 0.5) is 11.4 Å². The first-order valence-corrected chi connectivity index (χ1v) is 8.51. The quantitative estimate of drug-likeness (QED) is 0.346. The second-order valence-corrected chi connectivity index (χ2v) is 6.91. The molecule has 27 heavy (non-hydrogen) atoms. The predicted molar refractivity (Wildman–Crippen MR) is 103 cm³/mol. The van der Waals surface area contributed by atoms with E-state index < -0.39 is 21.2 Å². The third kappa shape index (κ3) is 4.27. The van der Waals surface area contributed by atoms with Crippen molar-refractivity contribution >= 4 is 51.7 Å². The molecule has 1 aliphatic rings. The van der Waals surface area contributed by atoms with E-state index in [9.17, 15) is 25.0 Å². The maximum atomic E-state index is 11.7. The zero-order chi connectivity index (χ0) is 19.6. The van der Waals surface area contributed by atoms with Gasteiger partial charge in [0.25, 0.3) is 11.6 Å². The Morgan fingerprint density at radius 3 is 2.52 bits per heavy atom. The maximum Gasteiger partial charge on any atom is 0.318 e. The Bertz CT molecular complexity index is 1020. The van der Waals surface area contributed by atoms with Gasteiger partial charge in [0.15, 0.2) is 0 Å². The molecule has 136 valence electrons. The number of nitro groups is 2. The third-order valence-corrected chi connectivity index (χ3v) is 4.54. The largest absolute Gasteiger partial charge is 0.450 e. The Labute approximate surface area is 161 Å². The normalized spacial score (nSPS) is 14.9. The van der Waals surface area contributed by atoms with Gasteiger partial charge in [-0.05, 0) is 29.8 Å². The Balaban J connectivity index is 1.90. The Hall–Kier alpha value is -3.31. The smallest absolute Gasteiger partial charge is 0.318 e. The number of thioether (sulfide) groups is 1. The summed E-state index contributed by atoms with van der Waals surface area (Å²) in [5.74, 6) is -0.167. The molecule has 9 nitrogen and oxygen atoms in total. The van der Waals surface area contributed by atoms with Crippen molar-refractivity contribution in [3.05, 3.63) is 73.2 Å². The van der Waals surface area contributed by atoms with Gasteiger partial charge in [0.2, 0.25) is 5.75 Å². The molecule has 2 aromatic rings. The minimum absolute atomic E-state index is 0.135. The second kappa shape index (κ2) is 7.51. The van der Waals surface area contributed by atoms with Crippen LogP contribution in [0.2, 0.25) is 0 Å². The van der Waals surface area contributed by atoms with Gasteiger partial charge in [0.05, 0.1) is 20.8 Å². The van der Waals surface area contributed by atoms with Crippen LogP contribution in [0.25, 0.3) is 6.08 Å². The molecule has 0 unspecified atom stereocenters. The third-order valence-electron chi connectivity index (χ3n) is 3.38. The number of non-ortho nitro benzene ring substituents is 1. The van der Waals surface area contributed by atoms with Gasteiger partial charge in [-0.25, -0.2) is 0 Å². The molecule has 0 spiro atoms. The van der Waals surface area contributed by atoms with Crippen LogP contribution < -0.4 is 10.1 Å². The lowest BCUT2D eigenvalue weighted by molar-refractivity contribution is -0.394. The molecule has 1 fully saturated rings. The van der Waals surface area contributed by atoms with E-state index in [0.29, 0.717) is 14.8 Å². The molecular formula is C16H9N3O6S2. The lowest BCUT2D eigenvalue weighted by Crippen LogP contribution is -2.17. The number of nitro benzene ring substituents is 2. The summed E-state index contributed by atoms with van der Waals surface area (Å²) in [7, 11) is 0. The summed E-state index contributed by atoms with van der Waals surface area (Å²) in [5, 5.41) is 24.5. The number of carbonyl (C=O) groups excluding carboxylic acids is 1. The van der Waals surface area contributed by atoms with Crippen molar-refractivity contribution in [3.8, 4) is 11.5 Å². The first-order chi connectivity index (χ1) is 12.8. The first-order valence-electron chi connectivity index (χ1n) is 7.29. The minimum Gasteiger partial charge on any atom is -0.450 e. The number of hydrogen-bond acceptors (Lipinski definition) is 8. The van der Waals surface area contributed by atoms with E-state index in [2.05, 4.69) is 5.32 Å². The fourth-order valence-electron chi connectivity index (χ4n) is 2.22.